The Morgan fingerprint density at radius 3 is 2.67 bits per heavy atom. The molecule has 3 aromatic rings. The first-order chi connectivity index (χ1) is 15.6. The third-order valence-electron chi connectivity index (χ3n) is 4.56. The molecule has 15 heteroatoms. The number of aromatic nitrogens is 1. The fourth-order valence-electron chi connectivity index (χ4n) is 3.14. The van der Waals surface area contributed by atoms with Gasteiger partial charge in [-0.3, -0.25) is 4.79 Å². The van der Waals surface area contributed by atoms with Gasteiger partial charge < -0.3 is 23.8 Å². The number of primary sulfonamides is 1. The summed E-state index contributed by atoms with van der Waals surface area (Å²) in [6.07, 6.45) is 0. The number of hydrogen-bond acceptors (Lipinski definition) is 10. The minimum atomic E-state index is -4.30. The number of amides is 1. The predicted molar refractivity (Wildman–Crippen MR) is 114 cm³/mol. The van der Waals surface area contributed by atoms with Gasteiger partial charge in [0.15, 0.2) is 11.5 Å². The highest BCUT2D eigenvalue weighted by atomic mass is 35.5. The van der Waals surface area contributed by atoms with Gasteiger partial charge in [-0.25, -0.2) is 23.3 Å². The van der Waals surface area contributed by atoms with Crippen LogP contribution in [0.3, 0.4) is 0 Å². The van der Waals surface area contributed by atoms with Crippen LogP contribution in [0, 0.1) is 6.92 Å². The Morgan fingerprint density at radius 2 is 2.09 bits per heavy atom. The molecular formula is C18H14ClN3O9S2. The molecular weight excluding hydrogens is 502 g/mol. The van der Waals surface area contributed by atoms with E-state index in [1.807, 2.05) is 0 Å². The van der Waals surface area contributed by atoms with Gasteiger partial charge in [0.05, 0.1) is 12.7 Å². The second-order valence-electron chi connectivity index (χ2n) is 6.53. The Kier molecular flexibility index (Phi) is 5.69. The van der Waals surface area contributed by atoms with E-state index in [9.17, 15) is 23.1 Å². The number of carboxylic acid groups (broad SMARTS) is 1. The van der Waals surface area contributed by atoms with E-state index in [0.717, 1.165) is 28.4 Å². The second kappa shape index (κ2) is 8.22. The van der Waals surface area contributed by atoms with Crippen molar-refractivity contribution in [2.24, 2.45) is 5.14 Å². The lowest BCUT2D eigenvalue weighted by Gasteiger charge is -2.24. The van der Waals surface area contributed by atoms with E-state index in [1.165, 1.54) is 19.4 Å². The van der Waals surface area contributed by atoms with Crippen molar-refractivity contribution in [3.05, 3.63) is 38.7 Å². The summed E-state index contributed by atoms with van der Waals surface area (Å²) in [4.78, 5) is 25.9. The highest BCUT2D eigenvalue weighted by Crippen LogP contribution is 2.52. The van der Waals surface area contributed by atoms with Crippen molar-refractivity contribution >= 4 is 56.4 Å². The number of aryl methyl sites for hydroxylation is 1. The molecule has 0 aliphatic carbocycles. The number of carbonyl (C=O) groups excluding carboxylic acids is 1. The van der Waals surface area contributed by atoms with Crippen LogP contribution < -0.4 is 24.2 Å². The van der Waals surface area contributed by atoms with Crippen molar-refractivity contribution in [3.8, 4) is 17.2 Å². The average Bonchev–Trinajstić information content (AvgIpc) is 3.49. The number of aromatic carboxylic acids is 1. The van der Waals surface area contributed by atoms with Crippen molar-refractivity contribution in [2.75, 3.05) is 18.8 Å². The van der Waals surface area contributed by atoms with Gasteiger partial charge >= 0.3 is 5.97 Å². The van der Waals surface area contributed by atoms with Crippen molar-refractivity contribution in [1.82, 2.24) is 5.16 Å². The number of methoxy groups -OCH3 is 1. The van der Waals surface area contributed by atoms with Crippen LogP contribution in [0.5, 0.6) is 17.2 Å². The molecule has 0 saturated carbocycles. The number of rotatable bonds is 6. The monoisotopic (exact) mass is 515 g/mol. The molecule has 4 rings (SSSR count). The Bertz CT molecular complexity index is 1400. The lowest BCUT2D eigenvalue weighted by molar-refractivity contribution is 0.0697. The molecule has 0 bridgehead atoms. The van der Waals surface area contributed by atoms with E-state index in [2.05, 4.69) is 5.16 Å². The Labute approximate surface area is 195 Å². The fraction of sp³-hybridized carbons (Fsp3) is 0.167. The highest BCUT2D eigenvalue weighted by molar-refractivity contribution is 7.89. The van der Waals surface area contributed by atoms with Crippen LogP contribution in [-0.4, -0.2) is 44.5 Å². The predicted octanol–water partition coefficient (Wildman–Crippen LogP) is 2.76. The number of sulfonamides is 1. The summed E-state index contributed by atoms with van der Waals surface area (Å²) in [5, 5.41) is 20.1. The van der Waals surface area contributed by atoms with Crippen molar-refractivity contribution in [2.45, 2.75) is 11.8 Å². The normalized spacial score (nSPS) is 12.6. The summed E-state index contributed by atoms with van der Waals surface area (Å²) >= 11 is 7.07. The molecule has 0 fully saturated rings. The van der Waals surface area contributed by atoms with Crippen LogP contribution in [-0.2, 0) is 10.0 Å². The van der Waals surface area contributed by atoms with E-state index >= 15 is 0 Å². The summed E-state index contributed by atoms with van der Waals surface area (Å²) in [6.45, 7) is 1.28. The molecule has 0 saturated heterocycles. The van der Waals surface area contributed by atoms with Crippen LogP contribution in [0.1, 0.15) is 25.7 Å². The molecule has 0 atom stereocenters. The SMILES string of the molecule is COc1c2c(cc(C(=O)O)c1N(C(=O)c1sccc1S(N)(=O)=O)c1onc(C)c1Cl)OCO2. The van der Waals surface area contributed by atoms with Crippen LogP contribution in [0.15, 0.2) is 26.9 Å². The number of benzene rings is 1. The molecule has 174 valence electrons. The van der Waals surface area contributed by atoms with Crippen molar-refractivity contribution in [1.29, 1.82) is 0 Å². The molecule has 0 unspecified atom stereocenters. The van der Waals surface area contributed by atoms with Crippen LogP contribution in [0.4, 0.5) is 11.6 Å². The molecule has 1 aliphatic heterocycles. The number of nitrogens with two attached hydrogens (primary N) is 1. The zero-order chi connectivity index (χ0) is 24.1. The van der Waals surface area contributed by atoms with E-state index in [4.69, 9.17) is 35.5 Å². The molecule has 1 aromatic carbocycles. The maximum absolute atomic E-state index is 13.7. The number of nitrogens with zero attached hydrogens (tertiary/aromatic N) is 2. The largest absolute Gasteiger partial charge is 0.491 e. The number of carbonyl (C=O) groups is 2. The minimum Gasteiger partial charge on any atom is -0.491 e. The fourth-order valence-corrected chi connectivity index (χ4v) is 5.19. The van der Waals surface area contributed by atoms with Gasteiger partial charge in [-0.15, -0.1) is 11.3 Å². The summed E-state index contributed by atoms with van der Waals surface area (Å²) < 4.78 is 45.4. The van der Waals surface area contributed by atoms with Crippen LogP contribution in [0.25, 0.3) is 0 Å². The lowest BCUT2D eigenvalue weighted by Crippen LogP contribution is -2.29. The van der Waals surface area contributed by atoms with Crippen LogP contribution in [0.2, 0.25) is 5.02 Å². The van der Waals surface area contributed by atoms with Crippen molar-refractivity contribution in [3.63, 3.8) is 0 Å². The van der Waals surface area contributed by atoms with Gasteiger partial charge in [0.2, 0.25) is 22.6 Å². The van der Waals surface area contributed by atoms with E-state index in [1.54, 1.807) is 0 Å². The first-order valence-electron chi connectivity index (χ1n) is 8.86. The maximum Gasteiger partial charge on any atom is 0.338 e. The molecule has 3 N–H and O–H groups in total. The molecule has 1 aliphatic rings. The Morgan fingerprint density at radius 1 is 1.36 bits per heavy atom. The summed E-state index contributed by atoms with van der Waals surface area (Å²) in [5.41, 5.74) is -0.590. The van der Waals surface area contributed by atoms with Gasteiger partial charge in [-0.2, -0.15) is 0 Å². The van der Waals surface area contributed by atoms with Gasteiger partial charge in [0.25, 0.3) is 11.8 Å². The smallest absolute Gasteiger partial charge is 0.338 e. The zero-order valence-electron chi connectivity index (χ0n) is 16.8. The molecule has 12 nitrogen and oxygen atoms in total. The van der Waals surface area contributed by atoms with Crippen LogP contribution >= 0.6 is 22.9 Å². The maximum atomic E-state index is 13.7. The summed E-state index contributed by atoms with van der Waals surface area (Å²) in [6, 6.07) is 2.28. The Balaban J connectivity index is 2.07. The topological polar surface area (TPSA) is 171 Å². The molecule has 0 spiro atoms. The van der Waals surface area contributed by atoms with Gasteiger partial charge in [-0.05, 0) is 18.4 Å². The van der Waals surface area contributed by atoms with E-state index in [0.29, 0.717) is 0 Å². The first kappa shape index (κ1) is 22.8. The van der Waals surface area contributed by atoms with E-state index < -0.39 is 32.4 Å². The molecule has 33 heavy (non-hydrogen) atoms. The highest BCUT2D eigenvalue weighted by Gasteiger charge is 2.39. The quantitative estimate of drug-likeness (QED) is 0.497. The van der Waals surface area contributed by atoms with Gasteiger partial charge in [0.1, 0.15) is 26.2 Å². The minimum absolute atomic E-state index is 0.0282. The van der Waals surface area contributed by atoms with Gasteiger partial charge in [0, 0.05) is 6.07 Å². The standard InChI is InChI=1S/C18H14ClN3O9S2/c1-7-11(19)17(31-21-7)22(16(23)15-10(3-4-32-15)33(20,26)27)12-8(18(24)25)5-9-13(14(12)28-2)30-6-29-9/h3-5H,6H2,1-2H3,(H,24,25)(H2,20,26,27). The number of halogens is 1. The number of anilines is 2. The molecule has 1 amide bonds. The van der Waals surface area contributed by atoms with Crippen molar-refractivity contribution < 1.29 is 41.8 Å². The number of carboxylic acids is 1. The first-order valence-corrected chi connectivity index (χ1v) is 11.7. The molecule has 3 heterocycles. The third-order valence-corrected chi connectivity index (χ3v) is 6.98. The average molecular weight is 516 g/mol. The molecule has 2 aromatic heterocycles. The number of hydrogen-bond donors (Lipinski definition) is 2. The Hall–Kier alpha value is -3.33. The zero-order valence-corrected chi connectivity index (χ0v) is 19.2. The third kappa shape index (κ3) is 3.76. The number of ether oxygens (including phenoxy) is 3. The number of fused-ring (bicyclic) bond motifs is 1. The lowest BCUT2D eigenvalue weighted by atomic mass is 10.1. The number of thiophene rings is 1. The summed E-state index contributed by atoms with van der Waals surface area (Å²) in [5.74, 6) is -2.92. The molecule has 0 radical (unpaired) electrons. The van der Waals surface area contributed by atoms with E-state index in [-0.39, 0.29) is 51.2 Å². The second-order valence-corrected chi connectivity index (χ2v) is 9.36. The summed E-state index contributed by atoms with van der Waals surface area (Å²) in [7, 11) is -3.07. The van der Waals surface area contributed by atoms with Gasteiger partial charge in [-0.1, -0.05) is 16.8 Å².